The second kappa shape index (κ2) is 8.83. The lowest BCUT2D eigenvalue weighted by Crippen LogP contribution is -2.47. The van der Waals surface area contributed by atoms with E-state index in [1.807, 2.05) is 29.7 Å². The number of thiazole rings is 1. The van der Waals surface area contributed by atoms with E-state index in [2.05, 4.69) is 0 Å². The summed E-state index contributed by atoms with van der Waals surface area (Å²) in [5, 5.41) is 23.7. The molecule has 32 heavy (non-hydrogen) atoms. The van der Waals surface area contributed by atoms with Gasteiger partial charge in [0.05, 0.1) is 16.1 Å². The molecule has 1 saturated carbocycles. The van der Waals surface area contributed by atoms with Crippen molar-refractivity contribution in [3.63, 3.8) is 0 Å². The first-order valence-electron chi connectivity index (χ1n) is 10.9. The molecule has 2 N–H and O–H groups in total. The molecule has 168 valence electrons. The topological polar surface area (TPSA) is 87.5 Å². The van der Waals surface area contributed by atoms with Crippen LogP contribution in [-0.4, -0.2) is 27.1 Å². The third-order valence-corrected chi connectivity index (χ3v) is 8.31. The highest BCUT2D eigenvalue weighted by Gasteiger charge is 2.53. The fraction of sp³-hybridized carbons (Fsp3) is 0.400. The van der Waals surface area contributed by atoms with Gasteiger partial charge < -0.3 is 10.2 Å². The van der Waals surface area contributed by atoms with Gasteiger partial charge in [0.25, 0.3) is 0 Å². The molecule has 2 aliphatic rings. The SMILES string of the molecule is CC1=C(C(=O)O)C(C)C(C(=O)O)(C2CCCCC2)C=C1c1csc(-c2ccccc2Cl)n1. The van der Waals surface area contributed by atoms with Crippen molar-refractivity contribution in [2.45, 2.75) is 46.0 Å². The van der Waals surface area contributed by atoms with E-state index in [-0.39, 0.29) is 11.5 Å². The normalized spacial score (nSPS) is 24.3. The third kappa shape index (κ3) is 3.69. The number of allylic oxidation sites excluding steroid dienone is 2. The van der Waals surface area contributed by atoms with Crippen LogP contribution in [-0.2, 0) is 9.59 Å². The van der Waals surface area contributed by atoms with Crippen molar-refractivity contribution in [3.8, 4) is 10.6 Å². The van der Waals surface area contributed by atoms with Gasteiger partial charge in [-0.15, -0.1) is 11.3 Å². The number of carbonyl (C=O) groups is 2. The van der Waals surface area contributed by atoms with Crippen LogP contribution in [0.4, 0.5) is 0 Å². The smallest absolute Gasteiger partial charge is 0.332 e. The van der Waals surface area contributed by atoms with Crippen molar-refractivity contribution in [3.05, 3.63) is 57.6 Å². The molecule has 0 spiro atoms. The highest BCUT2D eigenvalue weighted by Crippen LogP contribution is 2.53. The zero-order chi connectivity index (χ0) is 23.0. The van der Waals surface area contributed by atoms with Gasteiger partial charge in [0.15, 0.2) is 0 Å². The molecular weight excluding hydrogens is 446 g/mol. The summed E-state index contributed by atoms with van der Waals surface area (Å²) < 4.78 is 0. The molecule has 1 aromatic carbocycles. The molecule has 2 unspecified atom stereocenters. The molecule has 1 fully saturated rings. The predicted molar refractivity (Wildman–Crippen MR) is 127 cm³/mol. The van der Waals surface area contributed by atoms with Crippen LogP contribution in [0.3, 0.4) is 0 Å². The van der Waals surface area contributed by atoms with Crippen molar-refractivity contribution in [1.29, 1.82) is 0 Å². The van der Waals surface area contributed by atoms with Gasteiger partial charge in [-0.25, -0.2) is 9.78 Å². The van der Waals surface area contributed by atoms with Gasteiger partial charge in [-0.1, -0.05) is 62.1 Å². The molecule has 0 radical (unpaired) electrons. The van der Waals surface area contributed by atoms with Crippen LogP contribution < -0.4 is 0 Å². The standard InChI is InChI=1S/C25H26ClNO4S/c1-14-18(20-13-32-22(27-20)17-10-6-7-11-19(17)26)12-25(24(30)31,15(2)21(14)23(28)29)16-8-4-3-5-9-16/h6-7,10-13,15-16H,3-5,8-9H2,1-2H3,(H,28,29)(H,30,31). The maximum absolute atomic E-state index is 12.8. The summed E-state index contributed by atoms with van der Waals surface area (Å²) in [5.74, 6) is -2.76. The number of nitrogens with zero attached hydrogens (tertiary/aromatic N) is 1. The van der Waals surface area contributed by atoms with Gasteiger partial charge in [0.1, 0.15) is 5.01 Å². The second-order valence-electron chi connectivity index (χ2n) is 8.71. The Labute approximate surface area is 196 Å². The molecule has 0 bridgehead atoms. The summed E-state index contributed by atoms with van der Waals surface area (Å²) in [6.07, 6.45) is 6.40. The van der Waals surface area contributed by atoms with E-state index >= 15 is 0 Å². The Hall–Kier alpha value is -2.44. The number of aliphatic carboxylic acids is 2. The van der Waals surface area contributed by atoms with Crippen molar-refractivity contribution in [1.82, 2.24) is 4.98 Å². The molecular formula is C25H26ClNO4S. The molecule has 1 heterocycles. The summed E-state index contributed by atoms with van der Waals surface area (Å²) in [5.41, 5.74) is 1.47. The van der Waals surface area contributed by atoms with Crippen LogP contribution >= 0.6 is 22.9 Å². The Morgan fingerprint density at radius 2 is 1.84 bits per heavy atom. The van der Waals surface area contributed by atoms with Crippen molar-refractivity contribution >= 4 is 40.4 Å². The fourth-order valence-electron chi connectivity index (χ4n) is 5.42. The maximum Gasteiger partial charge on any atom is 0.332 e. The molecule has 4 rings (SSSR count). The third-order valence-electron chi connectivity index (χ3n) is 7.11. The van der Waals surface area contributed by atoms with Gasteiger partial charge in [0, 0.05) is 28.0 Å². The summed E-state index contributed by atoms with van der Waals surface area (Å²) in [6.45, 7) is 3.51. The predicted octanol–water partition coefficient (Wildman–Crippen LogP) is 6.55. The van der Waals surface area contributed by atoms with Gasteiger partial charge in [-0.3, -0.25) is 4.79 Å². The van der Waals surface area contributed by atoms with Gasteiger partial charge in [0.2, 0.25) is 0 Å². The van der Waals surface area contributed by atoms with E-state index < -0.39 is 23.3 Å². The molecule has 0 saturated heterocycles. The van der Waals surface area contributed by atoms with Gasteiger partial charge >= 0.3 is 11.9 Å². The number of carboxylic acids is 2. The van der Waals surface area contributed by atoms with Crippen LogP contribution in [0.15, 0.2) is 46.9 Å². The van der Waals surface area contributed by atoms with Crippen LogP contribution in [0.2, 0.25) is 5.02 Å². The minimum Gasteiger partial charge on any atom is -0.481 e. The monoisotopic (exact) mass is 471 g/mol. The van der Waals surface area contributed by atoms with E-state index in [0.717, 1.165) is 37.7 Å². The molecule has 7 heteroatoms. The van der Waals surface area contributed by atoms with E-state index in [4.69, 9.17) is 16.6 Å². The first kappa shape index (κ1) is 22.7. The van der Waals surface area contributed by atoms with E-state index in [0.29, 0.717) is 26.9 Å². The molecule has 2 aliphatic carbocycles. The number of hydrogen-bond donors (Lipinski definition) is 2. The number of halogens is 1. The molecule has 0 aliphatic heterocycles. The average molecular weight is 472 g/mol. The molecule has 5 nitrogen and oxygen atoms in total. The Kier molecular flexibility index (Phi) is 6.28. The lowest BCUT2D eigenvalue weighted by Gasteiger charge is -2.44. The van der Waals surface area contributed by atoms with Crippen molar-refractivity contribution in [2.75, 3.05) is 0 Å². The first-order chi connectivity index (χ1) is 15.3. The summed E-state index contributed by atoms with van der Waals surface area (Å²) in [4.78, 5) is 29.9. The lowest BCUT2D eigenvalue weighted by molar-refractivity contribution is -0.153. The van der Waals surface area contributed by atoms with Crippen LogP contribution in [0, 0.1) is 17.3 Å². The van der Waals surface area contributed by atoms with Crippen LogP contribution in [0.25, 0.3) is 16.1 Å². The number of carboxylic acid groups (broad SMARTS) is 2. The number of rotatable bonds is 5. The molecule has 2 atom stereocenters. The highest BCUT2D eigenvalue weighted by atomic mass is 35.5. The van der Waals surface area contributed by atoms with Crippen LogP contribution in [0.1, 0.15) is 51.6 Å². The Balaban J connectivity index is 1.89. The van der Waals surface area contributed by atoms with Crippen molar-refractivity contribution in [2.24, 2.45) is 17.3 Å². The zero-order valence-corrected chi connectivity index (χ0v) is 19.7. The van der Waals surface area contributed by atoms with Crippen LogP contribution in [0.5, 0.6) is 0 Å². The summed E-state index contributed by atoms with van der Waals surface area (Å²) in [6, 6.07) is 7.42. The molecule has 1 aromatic heterocycles. The summed E-state index contributed by atoms with van der Waals surface area (Å²) in [7, 11) is 0. The fourth-order valence-corrected chi connectivity index (χ4v) is 6.56. The van der Waals surface area contributed by atoms with Gasteiger partial charge in [-0.05, 0) is 37.3 Å². The Bertz CT molecular complexity index is 1130. The number of benzene rings is 1. The maximum atomic E-state index is 12.8. The Morgan fingerprint density at radius 3 is 2.47 bits per heavy atom. The highest BCUT2D eigenvalue weighted by molar-refractivity contribution is 7.13. The Morgan fingerprint density at radius 1 is 1.16 bits per heavy atom. The molecule has 0 amide bonds. The minimum atomic E-state index is -1.27. The zero-order valence-electron chi connectivity index (χ0n) is 18.1. The van der Waals surface area contributed by atoms with Gasteiger partial charge in [-0.2, -0.15) is 0 Å². The van der Waals surface area contributed by atoms with E-state index in [1.54, 1.807) is 19.9 Å². The number of hydrogen-bond acceptors (Lipinski definition) is 4. The van der Waals surface area contributed by atoms with E-state index in [9.17, 15) is 19.8 Å². The lowest BCUT2D eigenvalue weighted by atomic mass is 9.57. The van der Waals surface area contributed by atoms with E-state index in [1.165, 1.54) is 11.3 Å². The second-order valence-corrected chi connectivity index (χ2v) is 9.98. The first-order valence-corrected chi connectivity index (χ1v) is 12.1. The molecule has 2 aromatic rings. The van der Waals surface area contributed by atoms with Crippen molar-refractivity contribution < 1.29 is 19.8 Å². The largest absolute Gasteiger partial charge is 0.481 e. The quantitative estimate of drug-likeness (QED) is 0.516. The average Bonchev–Trinajstić information content (AvgIpc) is 3.24. The summed E-state index contributed by atoms with van der Waals surface area (Å²) >= 11 is 7.76. The minimum absolute atomic E-state index is 0.108. The number of aromatic nitrogens is 1.